The summed E-state index contributed by atoms with van der Waals surface area (Å²) in [7, 11) is 1.91. The lowest BCUT2D eigenvalue weighted by molar-refractivity contribution is -0.145. The summed E-state index contributed by atoms with van der Waals surface area (Å²) in [6, 6.07) is 3.55. The summed E-state index contributed by atoms with van der Waals surface area (Å²) in [5.74, 6) is -1.83. The molecule has 1 aromatic heterocycles. The molecule has 2 fully saturated rings. The number of likely N-dealkylation sites (N-methyl/N-ethyl adjacent to an activating group) is 1. The molecule has 1 saturated heterocycles. The van der Waals surface area contributed by atoms with Crippen LogP contribution >= 0.6 is 0 Å². The first-order chi connectivity index (χ1) is 19.5. The van der Waals surface area contributed by atoms with E-state index in [0.29, 0.717) is 12.0 Å². The first-order valence-electron chi connectivity index (χ1n) is 15.7. The van der Waals surface area contributed by atoms with Crippen LogP contribution in [0.3, 0.4) is 0 Å². The number of piperidine rings is 1. The molecule has 0 radical (unpaired) electrons. The summed E-state index contributed by atoms with van der Waals surface area (Å²) in [6.07, 6.45) is 7.01. The van der Waals surface area contributed by atoms with E-state index in [1.807, 2.05) is 25.8 Å². The van der Waals surface area contributed by atoms with Crippen molar-refractivity contribution in [2.45, 2.75) is 116 Å². The van der Waals surface area contributed by atoms with E-state index in [-0.39, 0.29) is 35.3 Å². The molecule has 2 heterocycles. The van der Waals surface area contributed by atoms with Crippen LogP contribution in [0.2, 0.25) is 0 Å². The standard InChI is InChI=1S/C33H48F2N4O2/c1-7-29-26-9-10-33(31(26)39(8-2)36-29)11-13-38(14-12-33)21(5)27-18-25(37(6)30(20(3)4)32(40)41)19-28(27)22-15-23(34)17-24(35)16-22/h15-17,20-21,25,27-28,30H,7-14,18-19H2,1-6H3,(H,40,41)/t21-,25+,27-,28-,30-/m1/s1. The summed E-state index contributed by atoms with van der Waals surface area (Å²) in [5, 5.41) is 14.9. The lowest BCUT2D eigenvalue weighted by Gasteiger charge is -2.44. The highest BCUT2D eigenvalue weighted by atomic mass is 19.1. The van der Waals surface area contributed by atoms with Gasteiger partial charge in [0.2, 0.25) is 0 Å². The number of halogens is 2. The normalized spacial score (nSPS) is 25.8. The van der Waals surface area contributed by atoms with Gasteiger partial charge in [0.05, 0.1) is 5.69 Å². The molecule has 2 aromatic rings. The van der Waals surface area contributed by atoms with E-state index in [1.54, 1.807) is 0 Å². The van der Waals surface area contributed by atoms with Crippen molar-refractivity contribution in [3.05, 3.63) is 52.3 Å². The number of hydrogen-bond acceptors (Lipinski definition) is 4. The molecule has 1 aliphatic heterocycles. The van der Waals surface area contributed by atoms with E-state index in [9.17, 15) is 18.7 Å². The van der Waals surface area contributed by atoms with Gasteiger partial charge in [0.25, 0.3) is 0 Å². The molecule has 1 N–H and O–H groups in total. The zero-order valence-electron chi connectivity index (χ0n) is 25.7. The molecule has 1 saturated carbocycles. The van der Waals surface area contributed by atoms with Gasteiger partial charge < -0.3 is 10.0 Å². The predicted molar refractivity (Wildman–Crippen MR) is 157 cm³/mol. The lowest BCUT2D eigenvalue weighted by atomic mass is 9.75. The fourth-order valence-corrected chi connectivity index (χ4v) is 8.76. The third-order valence-electron chi connectivity index (χ3n) is 10.9. The predicted octanol–water partition coefficient (Wildman–Crippen LogP) is 6.02. The first kappa shape index (κ1) is 30.1. The van der Waals surface area contributed by atoms with Gasteiger partial charge in [-0.25, -0.2) is 8.78 Å². The van der Waals surface area contributed by atoms with Crippen molar-refractivity contribution in [1.82, 2.24) is 19.6 Å². The maximum Gasteiger partial charge on any atom is 0.321 e. The molecule has 226 valence electrons. The average molecular weight is 571 g/mol. The number of carbonyl (C=O) groups is 1. The fraction of sp³-hybridized carbons (Fsp3) is 0.697. The number of likely N-dealkylation sites (tertiary alicyclic amines) is 1. The van der Waals surface area contributed by atoms with Crippen molar-refractivity contribution in [2.24, 2.45) is 11.8 Å². The number of aromatic nitrogens is 2. The third kappa shape index (κ3) is 5.47. The molecule has 2 aliphatic carbocycles. The number of nitrogens with zero attached hydrogens (tertiary/aromatic N) is 4. The molecule has 5 rings (SSSR count). The van der Waals surface area contributed by atoms with Crippen molar-refractivity contribution in [1.29, 1.82) is 0 Å². The molecule has 1 spiro atoms. The van der Waals surface area contributed by atoms with Gasteiger partial charge in [0.15, 0.2) is 0 Å². The Morgan fingerprint density at radius 1 is 1.10 bits per heavy atom. The van der Waals surface area contributed by atoms with Gasteiger partial charge >= 0.3 is 5.97 Å². The second-order valence-corrected chi connectivity index (χ2v) is 13.3. The minimum absolute atomic E-state index is 0.0298. The Hall–Kier alpha value is -2.32. The number of aliphatic carboxylic acids is 1. The largest absolute Gasteiger partial charge is 0.480 e. The van der Waals surface area contributed by atoms with Crippen LogP contribution in [-0.4, -0.2) is 68.9 Å². The smallest absolute Gasteiger partial charge is 0.321 e. The number of benzene rings is 1. The Bertz CT molecular complexity index is 1230. The van der Waals surface area contributed by atoms with Crippen molar-refractivity contribution in [3.8, 4) is 0 Å². The number of carboxylic acids is 1. The summed E-state index contributed by atoms with van der Waals surface area (Å²) in [6.45, 7) is 13.4. The Balaban J connectivity index is 1.38. The zero-order chi connectivity index (χ0) is 29.6. The Morgan fingerprint density at radius 3 is 2.32 bits per heavy atom. The zero-order valence-corrected chi connectivity index (χ0v) is 25.7. The van der Waals surface area contributed by atoms with E-state index < -0.39 is 23.6 Å². The summed E-state index contributed by atoms with van der Waals surface area (Å²) in [4.78, 5) is 16.8. The summed E-state index contributed by atoms with van der Waals surface area (Å²) in [5.41, 5.74) is 5.12. The van der Waals surface area contributed by atoms with Gasteiger partial charge in [-0.2, -0.15) is 5.10 Å². The molecule has 1 aromatic carbocycles. The summed E-state index contributed by atoms with van der Waals surface area (Å²) < 4.78 is 31.1. The van der Waals surface area contributed by atoms with E-state index >= 15 is 0 Å². The van der Waals surface area contributed by atoms with E-state index in [1.165, 1.54) is 35.5 Å². The number of aryl methyl sites for hydroxylation is 2. The maximum absolute atomic E-state index is 14.4. The molecule has 0 bridgehead atoms. The van der Waals surface area contributed by atoms with Crippen LogP contribution in [0.1, 0.15) is 95.2 Å². The lowest BCUT2D eigenvalue weighted by Crippen LogP contribution is -2.49. The van der Waals surface area contributed by atoms with Gasteiger partial charge in [-0.1, -0.05) is 20.8 Å². The second-order valence-electron chi connectivity index (χ2n) is 13.3. The number of carboxylic acid groups (broad SMARTS) is 1. The Labute approximate surface area is 244 Å². The van der Waals surface area contributed by atoms with Crippen LogP contribution in [0.4, 0.5) is 8.78 Å². The van der Waals surface area contributed by atoms with Crippen LogP contribution in [0.5, 0.6) is 0 Å². The van der Waals surface area contributed by atoms with E-state index in [2.05, 4.69) is 30.4 Å². The Morgan fingerprint density at radius 2 is 1.76 bits per heavy atom. The fourth-order valence-electron chi connectivity index (χ4n) is 8.76. The van der Waals surface area contributed by atoms with Gasteiger partial charge in [0, 0.05) is 35.8 Å². The quantitative estimate of drug-likeness (QED) is 0.400. The van der Waals surface area contributed by atoms with Crippen molar-refractivity contribution < 1.29 is 18.7 Å². The number of fused-ring (bicyclic) bond motifs is 2. The van der Waals surface area contributed by atoms with Crippen molar-refractivity contribution in [3.63, 3.8) is 0 Å². The van der Waals surface area contributed by atoms with Crippen molar-refractivity contribution in [2.75, 3.05) is 20.1 Å². The van der Waals surface area contributed by atoms with E-state index in [0.717, 1.165) is 57.8 Å². The number of hydrogen-bond donors (Lipinski definition) is 1. The van der Waals surface area contributed by atoms with E-state index in [4.69, 9.17) is 5.10 Å². The number of rotatable bonds is 9. The van der Waals surface area contributed by atoms with Crippen LogP contribution in [-0.2, 0) is 29.6 Å². The average Bonchev–Trinajstić information content (AvgIpc) is 3.62. The minimum Gasteiger partial charge on any atom is -0.480 e. The first-order valence-corrected chi connectivity index (χ1v) is 15.7. The SMILES string of the molecule is CCc1nn(CC)c2c1CCC21CCN([C@H](C)[C@H]2C[C@H](N(C)[C@@H](C(=O)O)C(C)C)C[C@@H]2c2cc(F)cc(F)c2)CC1. The van der Waals surface area contributed by atoms with Crippen LogP contribution in [0, 0.1) is 23.5 Å². The van der Waals surface area contributed by atoms with Gasteiger partial charge in [-0.15, -0.1) is 0 Å². The van der Waals surface area contributed by atoms with Crippen LogP contribution in [0.25, 0.3) is 0 Å². The molecule has 3 aliphatic rings. The van der Waals surface area contributed by atoms with Crippen LogP contribution < -0.4 is 0 Å². The molecular formula is C33H48F2N4O2. The molecule has 0 amide bonds. The highest BCUT2D eigenvalue weighted by molar-refractivity contribution is 5.73. The van der Waals surface area contributed by atoms with Gasteiger partial charge in [-0.3, -0.25) is 14.4 Å². The third-order valence-corrected chi connectivity index (χ3v) is 10.9. The Kier molecular flexibility index (Phi) is 8.64. The highest BCUT2D eigenvalue weighted by Crippen LogP contribution is 2.50. The molecule has 5 atom stereocenters. The molecule has 0 unspecified atom stereocenters. The summed E-state index contributed by atoms with van der Waals surface area (Å²) >= 11 is 0. The molecular weight excluding hydrogens is 522 g/mol. The van der Waals surface area contributed by atoms with Gasteiger partial charge in [0.1, 0.15) is 17.7 Å². The minimum atomic E-state index is -0.817. The second kappa shape index (κ2) is 11.8. The van der Waals surface area contributed by atoms with Crippen LogP contribution in [0.15, 0.2) is 18.2 Å². The topological polar surface area (TPSA) is 61.6 Å². The highest BCUT2D eigenvalue weighted by Gasteiger charge is 2.48. The van der Waals surface area contributed by atoms with Gasteiger partial charge in [-0.05, 0) is 120 Å². The molecule has 8 heteroatoms. The maximum atomic E-state index is 14.4. The molecule has 6 nitrogen and oxygen atoms in total. The monoisotopic (exact) mass is 570 g/mol. The molecule has 41 heavy (non-hydrogen) atoms. The van der Waals surface area contributed by atoms with Crippen molar-refractivity contribution >= 4 is 5.97 Å².